The minimum Gasteiger partial charge on any atom is -0.206 e. The fourth-order valence-corrected chi connectivity index (χ4v) is 4.39. The Morgan fingerprint density at radius 3 is 2.24 bits per heavy atom. The van der Waals surface area contributed by atoms with E-state index in [1.54, 1.807) is 18.2 Å². The van der Waals surface area contributed by atoms with Gasteiger partial charge in [-0.15, -0.1) is 0 Å². The van der Waals surface area contributed by atoms with Crippen molar-refractivity contribution in [2.75, 3.05) is 0 Å². The van der Waals surface area contributed by atoms with Crippen LogP contribution in [0.1, 0.15) is 65.5 Å². The first-order valence-corrected chi connectivity index (χ1v) is 11.2. The van der Waals surface area contributed by atoms with Crippen LogP contribution in [0, 0.1) is 46.7 Å². The second kappa shape index (κ2) is 9.97. The fourth-order valence-electron chi connectivity index (χ4n) is 4.39. The summed E-state index contributed by atoms with van der Waals surface area (Å²) in [4.78, 5) is 0. The lowest BCUT2D eigenvalue weighted by Crippen LogP contribution is -2.16. The van der Waals surface area contributed by atoms with Crippen LogP contribution in [0.3, 0.4) is 0 Å². The summed E-state index contributed by atoms with van der Waals surface area (Å²) in [6.07, 6.45) is 3.59. The molecule has 0 radical (unpaired) electrons. The Bertz CT molecular complexity index is 1280. The monoisotopic (exact) mass is 472 g/mol. The zero-order valence-corrected chi connectivity index (χ0v) is 18.6. The maximum absolute atomic E-state index is 14.8. The molecule has 1 atom stereocenters. The Morgan fingerprint density at radius 1 is 0.794 bits per heavy atom. The molecule has 34 heavy (non-hydrogen) atoms. The Kier molecular flexibility index (Phi) is 7.02. The van der Waals surface area contributed by atoms with Gasteiger partial charge in [-0.2, -0.15) is 0 Å². The first-order valence-electron chi connectivity index (χ1n) is 11.2. The van der Waals surface area contributed by atoms with Crippen molar-refractivity contribution in [1.29, 1.82) is 0 Å². The summed E-state index contributed by atoms with van der Waals surface area (Å²) in [7, 11) is 0. The van der Waals surface area contributed by atoms with Crippen LogP contribution in [0.25, 0.3) is 0 Å². The van der Waals surface area contributed by atoms with Crippen molar-refractivity contribution in [2.45, 2.75) is 51.4 Å². The largest absolute Gasteiger partial charge is 0.206 e. The van der Waals surface area contributed by atoms with Gasteiger partial charge in [0.25, 0.3) is 0 Å². The van der Waals surface area contributed by atoms with Crippen LogP contribution in [-0.2, 0) is 19.3 Å². The highest BCUT2D eigenvalue weighted by Gasteiger charge is 2.26. The van der Waals surface area contributed by atoms with E-state index in [0.29, 0.717) is 42.4 Å². The molecule has 0 amide bonds. The summed E-state index contributed by atoms with van der Waals surface area (Å²) in [5, 5.41) is 0. The third-order valence-electron chi connectivity index (χ3n) is 6.27. The molecule has 1 aliphatic rings. The normalized spacial score (nSPS) is 15.0. The smallest absolute Gasteiger partial charge is 0.194 e. The highest BCUT2D eigenvalue weighted by Crippen LogP contribution is 2.36. The maximum Gasteiger partial charge on any atom is 0.194 e. The van der Waals surface area contributed by atoms with E-state index in [4.69, 9.17) is 0 Å². The summed E-state index contributed by atoms with van der Waals surface area (Å²) in [5.41, 5.74) is 2.11. The van der Waals surface area contributed by atoms with Gasteiger partial charge >= 0.3 is 0 Å². The molecule has 0 nitrogen and oxygen atoms in total. The number of rotatable bonds is 4. The lowest BCUT2D eigenvalue weighted by molar-refractivity contribution is 0.446. The molecule has 0 aliphatic heterocycles. The topological polar surface area (TPSA) is 0 Å². The molecule has 4 rings (SSSR count). The molecular weight excluding hydrogens is 450 g/mol. The molecule has 0 bridgehead atoms. The Hall–Kier alpha value is -3.20. The Morgan fingerprint density at radius 2 is 1.53 bits per heavy atom. The summed E-state index contributed by atoms with van der Waals surface area (Å²) < 4.78 is 83.9. The molecule has 3 aromatic carbocycles. The van der Waals surface area contributed by atoms with Crippen LogP contribution in [0.5, 0.6) is 0 Å². The lowest BCUT2D eigenvalue weighted by atomic mass is 9.79. The number of halogens is 6. The van der Waals surface area contributed by atoms with Gasteiger partial charge < -0.3 is 0 Å². The van der Waals surface area contributed by atoms with Gasteiger partial charge in [-0.05, 0) is 84.5 Å². The summed E-state index contributed by atoms with van der Waals surface area (Å²) in [6, 6.07) is 7.65. The van der Waals surface area contributed by atoms with Crippen LogP contribution < -0.4 is 0 Å². The van der Waals surface area contributed by atoms with E-state index < -0.39 is 34.9 Å². The minimum absolute atomic E-state index is 0.0415. The van der Waals surface area contributed by atoms with E-state index >= 15 is 0 Å². The molecule has 0 spiro atoms. The number of benzene rings is 3. The lowest BCUT2D eigenvalue weighted by Gasteiger charge is -2.26. The Balaban J connectivity index is 1.57. The summed E-state index contributed by atoms with van der Waals surface area (Å²) in [6.45, 7) is 1.99. The number of unbranched alkanes of at least 4 members (excludes halogenated alkanes) is 1. The third kappa shape index (κ3) is 4.84. The van der Waals surface area contributed by atoms with Crippen LogP contribution in [0.15, 0.2) is 36.4 Å². The van der Waals surface area contributed by atoms with E-state index in [2.05, 4.69) is 11.8 Å². The molecular formula is C28H22F6. The predicted molar refractivity (Wildman–Crippen MR) is 118 cm³/mol. The van der Waals surface area contributed by atoms with Crippen molar-refractivity contribution in [3.63, 3.8) is 0 Å². The van der Waals surface area contributed by atoms with Crippen LogP contribution in [-0.4, -0.2) is 0 Å². The minimum atomic E-state index is -1.59. The Labute approximate surface area is 194 Å². The van der Waals surface area contributed by atoms with Crippen LogP contribution in [0.2, 0.25) is 0 Å². The van der Waals surface area contributed by atoms with Crippen molar-refractivity contribution in [2.24, 2.45) is 0 Å². The highest BCUT2D eigenvalue weighted by atomic mass is 19.2. The zero-order chi connectivity index (χ0) is 24.4. The predicted octanol–water partition coefficient (Wildman–Crippen LogP) is 7.54. The first-order chi connectivity index (χ1) is 16.3. The van der Waals surface area contributed by atoms with E-state index in [0.717, 1.165) is 30.5 Å². The zero-order valence-electron chi connectivity index (χ0n) is 18.6. The average molecular weight is 472 g/mol. The third-order valence-corrected chi connectivity index (χ3v) is 6.27. The van der Waals surface area contributed by atoms with Crippen molar-refractivity contribution in [3.8, 4) is 11.8 Å². The first kappa shape index (κ1) is 23.9. The molecule has 6 heteroatoms. The molecule has 1 aliphatic carbocycles. The van der Waals surface area contributed by atoms with Crippen LogP contribution in [0.4, 0.5) is 26.3 Å². The summed E-state index contributed by atoms with van der Waals surface area (Å²) in [5.74, 6) is -1.87. The summed E-state index contributed by atoms with van der Waals surface area (Å²) >= 11 is 0. The van der Waals surface area contributed by atoms with Gasteiger partial charge in [0.1, 0.15) is 5.82 Å². The molecule has 3 aromatic rings. The van der Waals surface area contributed by atoms with Gasteiger partial charge in [0.2, 0.25) is 0 Å². The van der Waals surface area contributed by atoms with Crippen LogP contribution >= 0.6 is 0 Å². The molecule has 0 fully saturated rings. The van der Waals surface area contributed by atoms with Gasteiger partial charge in [-0.1, -0.05) is 37.3 Å². The number of hydrogen-bond acceptors (Lipinski definition) is 0. The fraction of sp³-hybridized carbons (Fsp3) is 0.286. The highest BCUT2D eigenvalue weighted by molar-refractivity contribution is 5.48. The van der Waals surface area contributed by atoms with E-state index in [1.807, 2.05) is 6.92 Å². The average Bonchev–Trinajstić information content (AvgIpc) is 2.81. The number of hydrogen-bond donors (Lipinski definition) is 0. The molecule has 0 N–H and O–H groups in total. The van der Waals surface area contributed by atoms with Crippen molar-refractivity contribution in [1.82, 2.24) is 0 Å². The second-order valence-corrected chi connectivity index (χ2v) is 8.59. The molecule has 0 aromatic heterocycles. The quantitative estimate of drug-likeness (QED) is 0.209. The molecule has 176 valence electrons. The van der Waals surface area contributed by atoms with E-state index in [-0.39, 0.29) is 17.0 Å². The van der Waals surface area contributed by atoms with Crippen molar-refractivity contribution >= 4 is 0 Å². The van der Waals surface area contributed by atoms with Crippen molar-refractivity contribution < 1.29 is 26.3 Å². The van der Waals surface area contributed by atoms with Gasteiger partial charge in [0, 0.05) is 5.56 Å². The molecule has 0 saturated heterocycles. The van der Waals surface area contributed by atoms with Crippen molar-refractivity contribution in [3.05, 3.63) is 105 Å². The van der Waals surface area contributed by atoms with Gasteiger partial charge in [-0.25, -0.2) is 26.3 Å². The number of fused-ring (bicyclic) bond motifs is 1. The standard InChI is InChI=1S/C28H22F6/c1-2-3-4-17-9-10-22(27(33)26(17)32)19-8-7-18-13-20(23(29)15-21(18)14-19)6-5-16-11-24(30)28(34)25(31)12-16/h9-13,15,19H,2-4,7-8,14H2,1H3. The molecule has 0 saturated carbocycles. The maximum atomic E-state index is 14.8. The SMILES string of the molecule is CCCCc1ccc(C2CCc3cc(C#Cc4cc(F)c(F)c(F)c4)c(F)cc3C2)c(F)c1F. The molecule has 1 unspecified atom stereocenters. The van der Waals surface area contributed by atoms with Gasteiger partial charge in [0.15, 0.2) is 29.1 Å². The molecule has 0 heterocycles. The van der Waals surface area contributed by atoms with E-state index in [9.17, 15) is 26.3 Å². The van der Waals surface area contributed by atoms with Gasteiger partial charge in [-0.3, -0.25) is 0 Å². The number of aryl methyl sites for hydroxylation is 2. The van der Waals surface area contributed by atoms with E-state index in [1.165, 1.54) is 6.07 Å². The van der Waals surface area contributed by atoms with Gasteiger partial charge in [0.05, 0.1) is 5.56 Å². The second-order valence-electron chi connectivity index (χ2n) is 8.59.